The summed E-state index contributed by atoms with van der Waals surface area (Å²) in [5.74, 6) is 0.513. The van der Waals surface area contributed by atoms with Crippen molar-refractivity contribution < 1.29 is 18.7 Å². The summed E-state index contributed by atoms with van der Waals surface area (Å²) in [4.78, 5) is 29.2. The number of amides is 1. The van der Waals surface area contributed by atoms with Gasteiger partial charge >= 0.3 is 5.97 Å². The highest BCUT2D eigenvalue weighted by Crippen LogP contribution is 2.31. The van der Waals surface area contributed by atoms with Crippen LogP contribution in [0.15, 0.2) is 68.9 Å². The number of benzene rings is 2. The van der Waals surface area contributed by atoms with Gasteiger partial charge in [0.15, 0.2) is 5.17 Å². The Kier molecular flexibility index (Phi) is 6.28. The molecule has 6 nitrogen and oxygen atoms in total. The zero-order valence-electron chi connectivity index (χ0n) is 18.0. The first-order valence-corrected chi connectivity index (χ1v) is 11.0. The van der Waals surface area contributed by atoms with Gasteiger partial charge in [-0.2, -0.15) is 0 Å². The third-order valence-electron chi connectivity index (χ3n) is 5.05. The summed E-state index contributed by atoms with van der Waals surface area (Å²) in [5.41, 5.74) is 4.22. The second-order valence-electron chi connectivity index (χ2n) is 7.23. The highest BCUT2D eigenvalue weighted by atomic mass is 32.2. The number of rotatable bonds is 5. The van der Waals surface area contributed by atoms with Crippen molar-refractivity contribution >= 4 is 40.6 Å². The number of esters is 1. The highest BCUT2D eigenvalue weighted by molar-refractivity contribution is 8.18. The Hall–Kier alpha value is -3.58. The molecule has 0 aliphatic carbocycles. The standard InChI is InChI=1S/C25H22N2O4S/c1-4-16-6-9-18(10-7-16)26-25-27-23(28)22(32-25)14-19-11-12-21(31-19)20-13-17(24(29)30-3)8-5-15(20)2/h5-14H,4H2,1-3H3,(H,26,27,28)/b22-14-. The average Bonchev–Trinajstić information content (AvgIpc) is 3.40. The molecule has 1 fully saturated rings. The number of hydrogen-bond acceptors (Lipinski definition) is 6. The molecule has 162 valence electrons. The molecule has 0 unspecified atom stereocenters. The maximum Gasteiger partial charge on any atom is 0.337 e. The summed E-state index contributed by atoms with van der Waals surface area (Å²) in [6.45, 7) is 4.04. The number of carbonyl (C=O) groups excluding carboxylic acids is 2. The van der Waals surface area contributed by atoms with E-state index >= 15 is 0 Å². The van der Waals surface area contributed by atoms with E-state index in [-0.39, 0.29) is 5.91 Å². The molecule has 1 saturated heterocycles. The summed E-state index contributed by atoms with van der Waals surface area (Å²) < 4.78 is 10.7. The number of amidine groups is 1. The van der Waals surface area contributed by atoms with Crippen LogP contribution in [0.4, 0.5) is 5.69 Å². The molecule has 0 bridgehead atoms. The van der Waals surface area contributed by atoms with E-state index in [2.05, 4.69) is 17.2 Å². The quantitative estimate of drug-likeness (QED) is 0.414. The van der Waals surface area contributed by atoms with E-state index in [4.69, 9.17) is 9.15 Å². The number of carbonyl (C=O) groups is 2. The van der Waals surface area contributed by atoms with Crippen molar-refractivity contribution in [3.8, 4) is 11.3 Å². The number of furan rings is 1. The Balaban J connectivity index is 1.55. The molecule has 1 aromatic heterocycles. The van der Waals surface area contributed by atoms with Gasteiger partial charge in [-0.15, -0.1) is 0 Å². The molecule has 0 saturated carbocycles. The molecule has 7 heteroatoms. The Bertz CT molecular complexity index is 1240. The van der Waals surface area contributed by atoms with Crippen molar-refractivity contribution in [2.24, 2.45) is 4.99 Å². The number of aryl methyl sites for hydroxylation is 2. The SMILES string of the molecule is CCc1ccc(N=C2NC(=O)/C(=C/c3ccc(-c4cc(C(=O)OC)ccc4C)o3)S2)cc1. The molecule has 2 heterocycles. The van der Waals surface area contributed by atoms with E-state index in [1.807, 2.05) is 43.3 Å². The normalized spacial score (nSPS) is 15.9. The fourth-order valence-corrected chi connectivity index (χ4v) is 4.06. The summed E-state index contributed by atoms with van der Waals surface area (Å²) in [6.07, 6.45) is 2.65. The lowest BCUT2D eigenvalue weighted by Gasteiger charge is -2.05. The lowest BCUT2D eigenvalue weighted by molar-refractivity contribution is -0.115. The van der Waals surface area contributed by atoms with E-state index in [1.165, 1.54) is 24.4 Å². The van der Waals surface area contributed by atoms with Gasteiger partial charge in [-0.1, -0.05) is 25.1 Å². The average molecular weight is 447 g/mol. The van der Waals surface area contributed by atoms with Gasteiger partial charge in [-0.3, -0.25) is 4.79 Å². The number of nitrogens with one attached hydrogen (secondary N) is 1. The first-order valence-electron chi connectivity index (χ1n) is 10.1. The predicted octanol–water partition coefficient (Wildman–Crippen LogP) is 5.50. The van der Waals surface area contributed by atoms with Crippen LogP contribution in [0.2, 0.25) is 0 Å². The molecule has 0 radical (unpaired) electrons. The smallest absolute Gasteiger partial charge is 0.337 e. The van der Waals surface area contributed by atoms with Crippen molar-refractivity contribution in [3.63, 3.8) is 0 Å². The zero-order chi connectivity index (χ0) is 22.7. The van der Waals surface area contributed by atoms with Gasteiger partial charge in [0.1, 0.15) is 11.5 Å². The molecule has 32 heavy (non-hydrogen) atoms. The van der Waals surface area contributed by atoms with E-state index in [0.717, 1.165) is 23.2 Å². The minimum Gasteiger partial charge on any atom is -0.465 e. The third kappa shape index (κ3) is 4.68. The number of hydrogen-bond donors (Lipinski definition) is 1. The maximum absolute atomic E-state index is 12.4. The first-order chi connectivity index (χ1) is 15.5. The lowest BCUT2D eigenvalue weighted by atomic mass is 10.0. The van der Waals surface area contributed by atoms with Gasteiger partial charge < -0.3 is 14.5 Å². The van der Waals surface area contributed by atoms with Gasteiger partial charge in [0.25, 0.3) is 5.91 Å². The largest absolute Gasteiger partial charge is 0.465 e. The van der Waals surface area contributed by atoms with Gasteiger partial charge in [0.2, 0.25) is 0 Å². The molecule has 3 aromatic rings. The Morgan fingerprint density at radius 1 is 1.16 bits per heavy atom. The van der Waals surface area contributed by atoms with Gasteiger partial charge in [0, 0.05) is 11.6 Å². The molecule has 0 spiro atoms. The second kappa shape index (κ2) is 9.28. The van der Waals surface area contributed by atoms with Gasteiger partial charge in [-0.05, 0) is 72.6 Å². The van der Waals surface area contributed by atoms with E-state index in [9.17, 15) is 9.59 Å². The van der Waals surface area contributed by atoms with Crippen LogP contribution >= 0.6 is 11.8 Å². The maximum atomic E-state index is 12.4. The van der Waals surface area contributed by atoms with Crippen LogP contribution in [-0.4, -0.2) is 24.2 Å². The van der Waals surface area contributed by atoms with Crippen LogP contribution in [0.3, 0.4) is 0 Å². The first kappa shape index (κ1) is 21.6. The molecular weight excluding hydrogens is 424 g/mol. The lowest BCUT2D eigenvalue weighted by Crippen LogP contribution is -2.19. The number of ether oxygens (including phenoxy) is 1. The summed E-state index contributed by atoms with van der Waals surface area (Å²) in [6, 6.07) is 16.8. The van der Waals surface area contributed by atoms with E-state index < -0.39 is 5.97 Å². The number of methoxy groups -OCH3 is 1. The van der Waals surface area contributed by atoms with E-state index in [1.54, 1.807) is 24.3 Å². The van der Waals surface area contributed by atoms with Crippen LogP contribution < -0.4 is 5.32 Å². The number of aliphatic imine (C=N–C) groups is 1. The zero-order valence-corrected chi connectivity index (χ0v) is 18.8. The van der Waals surface area contributed by atoms with Crippen molar-refractivity contribution in [2.45, 2.75) is 20.3 Å². The van der Waals surface area contributed by atoms with Crippen LogP contribution in [0.25, 0.3) is 17.4 Å². The fraction of sp³-hybridized carbons (Fsp3) is 0.160. The molecule has 4 rings (SSSR count). The molecule has 1 aliphatic heterocycles. The second-order valence-corrected chi connectivity index (χ2v) is 8.26. The number of thioether (sulfide) groups is 1. The minimum atomic E-state index is -0.407. The molecule has 1 amide bonds. The molecule has 1 N–H and O–H groups in total. The summed E-state index contributed by atoms with van der Waals surface area (Å²) in [5, 5.41) is 3.31. The number of nitrogens with zero attached hydrogens (tertiary/aromatic N) is 1. The highest BCUT2D eigenvalue weighted by Gasteiger charge is 2.24. The van der Waals surface area contributed by atoms with Crippen LogP contribution in [-0.2, 0) is 16.0 Å². The van der Waals surface area contributed by atoms with Crippen molar-refractivity contribution in [3.05, 3.63) is 82.0 Å². The van der Waals surface area contributed by atoms with Crippen molar-refractivity contribution in [1.29, 1.82) is 0 Å². The Morgan fingerprint density at radius 3 is 2.66 bits per heavy atom. The Morgan fingerprint density at radius 2 is 1.94 bits per heavy atom. The van der Waals surface area contributed by atoms with Crippen LogP contribution in [0.1, 0.15) is 34.2 Å². The molecule has 2 aromatic carbocycles. The van der Waals surface area contributed by atoms with Crippen molar-refractivity contribution in [2.75, 3.05) is 7.11 Å². The fourth-order valence-electron chi connectivity index (χ4n) is 3.24. The summed E-state index contributed by atoms with van der Waals surface area (Å²) >= 11 is 1.27. The van der Waals surface area contributed by atoms with Crippen LogP contribution in [0.5, 0.6) is 0 Å². The van der Waals surface area contributed by atoms with Gasteiger partial charge in [-0.25, -0.2) is 9.79 Å². The third-order valence-corrected chi connectivity index (χ3v) is 5.96. The molecule has 0 atom stereocenters. The van der Waals surface area contributed by atoms with Crippen LogP contribution in [0, 0.1) is 6.92 Å². The molecule has 1 aliphatic rings. The van der Waals surface area contributed by atoms with E-state index in [0.29, 0.717) is 27.2 Å². The molecular formula is C25H22N2O4S. The van der Waals surface area contributed by atoms with Crippen molar-refractivity contribution in [1.82, 2.24) is 5.32 Å². The predicted molar refractivity (Wildman–Crippen MR) is 127 cm³/mol. The van der Waals surface area contributed by atoms with Gasteiger partial charge in [0.05, 0.1) is 23.3 Å². The monoisotopic (exact) mass is 446 g/mol. The summed E-state index contributed by atoms with van der Waals surface area (Å²) in [7, 11) is 1.35. The Labute approximate surface area is 190 Å². The minimum absolute atomic E-state index is 0.222. The topological polar surface area (TPSA) is 80.9 Å².